The number of carbonyl (C=O) groups is 4. The predicted molar refractivity (Wildman–Crippen MR) is 133 cm³/mol. The van der Waals surface area contributed by atoms with Gasteiger partial charge in [0.2, 0.25) is 17.7 Å². The van der Waals surface area contributed by atoms with Crippen molar-refractivity contribution in [1.29, 1.82) is 0 Å². The fraction of sp³-hybridized carbons (Fsp3) is 0.476. The van der Waals surface area contributed by atoms with E-state index in [4.69, 9.17) is 17.2 Å². The molecule has 35 heavy (non-hydrogen) atoms. The Morgan fingerprint density at radius 2 is 1.51 bits per heavy atom. The number of nitrogens with two attached hydrogens (primary N) is 3. The molecule has 0 heterocycles. The van der Waals surface area contributed by atoms with Crippen LogP contribution in [0.1, 0.15) is 25.3 Å². The minimum absolute atomic E-state index is 0.0199. The van der Waals surface area contributed by atoms with Gasteiger partial charge in [0.05, 0.1) is 6.04 Å². The molecule has 0 saturated carbocycles. The summed E-state index contributed by atoms with van der Waals surface area (Å²) >= 11 is 4.09. The summed E-state index contributed by atoms with van der Waals surface area (Å²) in [7, 11) is 0. The summed E-state index contributed by atoms with van der Waals surface area (Å²) < 4.78 is 0. The zero-order valence-electron chi connectivity index (χ0n) is 19.3. The van der Waals surface area contributed by atoms with Crippen molar-refractivity contribution in [2.75, 3.05) is 12.3 Å². The Labute approximate surface area is 208 Å². The van der Waals surface area contributed by atoms with Crippen LogP contribution in [0.3, 0.4) is 0 Å². The van der Waals surface area contributed by atoms with Gasteiger partial charge < -0.3 is 43.4 Å². The van der Waals surface area contributed by atoms with Crippen LogP contribution in [0, 0.1) is 0 Å². The summed E-state index contributed by atoms with van der Waals surface area (Å²) in [6.45, 7) is 1.67. The van der Waals surface area contributed by atoms with E-state index in [0.717, 1.165) is 0 Å². The van der Waals surface area contributed by atoms with Crippen LogP contribution >= 0.6 is 12.6 Å². The molecule has 0 fully saturated rings. The van der Waals surface area contributed by atoms with Crippen molar-refractivity contribution < 1.29 is 29.4 Å². The van der Waals surface area contributed by atoms with Gasteiger partial charge in [-0.25, -0.2) is 4.79 Å². The number of carboxylic acid groups (broad SMARTS) is 1. The Kier molecular flexibility index (Phi) is 12.4. The van der Waals surface area contributed by atoms with Crippen LogP contribution < -0.4 is 33.2 Å². The smallest absolute Gasteiger partial charge is 0.326 e. The third-order valence-electron chi connectivity index (χ3n) is 4.80. The van der Waals surface area contributed by atoms with Crippen LogP contribution in [0.25, 0.3) is 0 Å². The van der Waals surface area contributed by atoms with Gasteiger partial charge in [-0.15, -0.1) is 0 Å². The molecule has 1 aromatic carbocycles. The molecular formula is C21H33N7O6S. The summed E-state index contributed by atoms with van der Waals surface area (Å²) in [5.74, 6) is -3.52. The van der Waals surface area contributed by atoms with E-state index in [2.05, 4.69) is 33.6 Å². The molecule has 11 N–H and O–H groups in total. The summed E-state index contributed by atoms with van der Waals surface area (Å²) in [5.41, 5.74) is 16.7. The number of hydrogen-bond acceptors (Lipinski definition) is 8. The van der Waals surface area contributed by atoms with Crippen LogP contribution in [0.2, 0.25) is 0 Å². The van der Waals surface area contributed by atoms with Gasteiger partial charge in [-0.05, 0) is 37.5 Å². The minimum Gasteiger partial charge on any atom is -0.508 e. The molecule has 0 bridgehead atoms. The number of aromatic hydroxyl groups is 1. The van der Waals surface area contributed by atoms with E-state index in [0.29, 0.717) is 12.0 Å². The fourth-order valence-corrected chi connectivity index (χ4v) is 3.14. The van der Waals surface area contributed by atoms with Crippen LogP contribution in [0.5, 0.6) is 5.75 Å². The maximum Gasteiger partial charge on any atom is 0.326 e. The Morgan fingerprint density at radius 3 is 2.03 bits per heavy atom. The first-order valence-electron chi connectivity index (χ1n) is 10.8. The number of aliphatic carboxylic acids is 1. The lowest BCUT2D eigenvalue weighted by molar-refractivity contribution is -0.142. The van der Waals surface area contributed by atoms with Gasteiger partial charge in [-0.1, -0.05) is 12.1 Å². The molecule has 1 rings (SSSR count). The number of phenolic OH excluding ortho intramolecular Hbond substituents is 1. The number of phenols is 1. The van der Waals surface area contributed by atoms with Crippen molar-refractivity contribution in [3.63, 3.8) is 0 Å². The van der Waals surface area contributed by atoms with Crippen LogP contribution in [0.4, 0.5) is 0 Å². The number of thiol groups is 1. The number of carboxylic acids is 1. The molecule has 4 unspecified atom stereocenters. The molecule has 0 aliphatic heterocycles. The van der Waals surface area contributed by atoms with Crippen molar-refractivity contribution in [1.82, 2.24) is 16.0 Å². The van der Waals surface area contributed by atoms with Gasteiger partial charge in [-0.2, -0.15) is 12.6 Å². The molecule has 1 aromatic rings. The van der Waals surface area contributed by atoms with Crippen LogP contribution in [0.15, 0.2) is 29.3 Å². The number of amides is 3. The monoisotopic (exact) mass is 511 g/mol. The first-order valence-corrected chi connectivity index (χ1v) is 11.4. The molecule has 3 amide bonds. The number of aliphatic imine (C=N–C) groups is 1. The van der Waals surface area contributed by atoms with E-state index in [1.807, 2.05) is 0 Å². The lowest BCUT2D eigenvalue weighted by atomic mass is 10.1. The summed E-state index contributed by atoms with van der Waals surface area (Å²) in [6, 6.07) is 1.48. The molecule has 0 saturated heterocycles. The van der Waals surface area contributed by atoms with Crippen molar-refractivity contribution in [2.24, 2.45) is 22.2 Å². The lowest BCUT2D eigenvalue weighted by Crippen LogP contribution is -2.57. The average Bonchev–Trinajstić information content (AvgIpc) is 2.79. The number of carbonyl (C=O) groups excluding carboxylic acids is 3. The number of hydrogen-bond donors (Lipinski definition) is 9. The number of nitrogens with one attached hydrogen (secondary N) is 3. The van der Waals surface area contributed by atoms with E-state index in [1.165, 1.54) is 31.2 Å². The van der Waals surface area contributed by atoms with E-state index in [1.54, 1.807) is 0 Å². The zero-order valence-corrected chi connectivity index (χ0v) is 20.2. The molecule has 0 radical (unpaired) electrons. The van der Waals surface area contributed by atoms with Crippen LogP contribution in [-0.2, 0) is 25.6 Å². The fourth-order valence-electron chi connectivity index (χ4n) is 2.88. The highest BCUT2D eigenvalue weighted by Crippen LogP contribution is 2.11. The van der Waals surface area contributed by atoms with Gasteiger partial charge >= 0.3 is 5.97 Å². The van der Waals surface area contributed by atoms with Gasteiger partial charge in [0, 0.05) is 18.7 Å². The van der Waals surface area contributed by atoms with Crippen molar-refractivity contribution in [3.05, 3.63) is 29.8 Å². The van der Waals surface area contributed by atoms with E-state index in [-0.39, 0.29) is 36.8 Å². The molecule has 0 spiro atoms. The van der Waals surface area contributed by atoms with Crippen LogP contribution in [-0.4, -0.2) is 76.3 Å². The Bertz CT molecular complexity index is 906. The second-order valence-corrected chi connectivity index (χ2v) is 8.18. The summed E-state index contributed by atoms with van der Waals surface area (Å²) in [6.07, 6.45) is 0.452. The molecule has 0 aliphatic rings. The number of benzene rings is 1. The molecule has 13 nitrogen and oxygen atoms in total. The van der Waals surface area contributed by atoms with E-state index < -0.39 is 47.9 Å². The first-order chi connectivity index (χ1) is 16.4. The zero-order chi connectivity index (χ0) is 26.5. The number of guanidine groups is 1. The second kappa shape index (κ2) is 14.7. The van der Waals surface area contributed by atoms with E-state index >= 15 is 0 Å². The van der Waals surface area contributed by atoms with Gasteiger partial charge in [0.15, 0.2) is 5.96 Å². The molecule has 0 aliphatic carbocycles. The number of nitrogens with zero attached hydrogens (tertiary/aromatic N) is 1. The van der Waals surface area contributed by atoms with Gasteiger partial charge in [0.25, 0.3) is 0 Å². The first kappa shape index (κ1) is 29.5. The summed E-state index contributed by atoms with van der Waals surface area (Å²) in [5, 5.41) is 26.3. The molecule has 194 valence electrons. The SMILES string of the molecule is CC(N)C(=O)NC(CCCN=C(N)N)C(=O)NC(CS)C(=O)NC(Cc1ccc(O)cc1)C(=O)O. The highest BCUT2D eigenvalue weighted by atomic mass is 32.1. The van der Waals surface area contributed by atoms with Crippen molar-refractivity contribution >= 4 is 42.3 Å². The molecule has 0 aromatic heterocycles. The number of rotatable bonds is 14. The lowest BCUT2D eigenvalue weighted by Gasteiger charge is -2.24. The maximum atomic E-state index is 12.8. The molecule has 4 atom stereocenters. The third-order valence-corrected chi connectivity index (χ3v) is 5.16. The van der Waals surface area contributed by atoms with Gasteiger partial charge in [-0.3, -0.25) is 19.4 Å². The Balaban J connectivity index is 2.86. The average molecular weight is 512 g/mol. The van der Waals surface area contributed by atoms with Crippen molar-refractivity contribution in [3.8, 4) is 5.75 Å². The maximum absolute atomic E-state index is 12.8. The molecule has 14 heteroatoms. The van der Waals surface area contributed by atoms with E-state index in [9.17, 15) is 29.4 Å². The largest absolute Gasteiger partial charge is 0.508 e. The quantitative estimate of drug-likeness (QED) is 0.0569. The highest BCUT2D eigenvalue weighted by Gasteiger charge is 2.29. The predicted octanol–water partition coefficient (Wildman–Crippen LogP) is -2.20. The minimum atomic E-state index is -1.29. The second-order valence-electron chi connectivity index (χ2n) is 7.81. The normalized spacial score (nSPS) is 14.0. The highest BCUT2D eigenvalue weighted by molar-refractivity contribution is 7.80. The third kappa shape index (κ3) is 11.0. The topological polar surface area (TPSA) is 235 Å². The summed E-state index contributed by atoms with van der Waals surface area (Å²) in [4.78, 5) is 53.1. The molecular weight excluding hydrogens is 478 g/mol. The Morgan fingerprint density at radius 1 is 0.971 bits per heavy atom. The standard InChI is InChI=1S/C21H33N7O6S/c1-11(22)17(30)26-14(3-2-8-25-21(23)24)18(31)28-16(10-35)19(32)27-15(20(33)34)9-12-4-6-13(29)7-5-12/h4-7,11,14-16,29,35H,2-3,8-10,22H2,1H3,(H,26,30)(H,27,32)(H,28,31)(H,33,34)(H4,23,24,25). The van der Waals surface area contributed by atoms with Crippen molar-refractivity contribution in [2.45, 2.75) is 50.4 Å². The van der Waals surface area contributed by atoms with Gasteiger partial charge in [0.1, 0.15) is 23.9 Å². The Hall–Kier alpha value is -3.52.